The topological polar surface area (TPSA) is 112 Å². The van der Waals surface area contributed by atoms with Crippen LogP contribution in [-0.4, -0.2) is 52.6 Å². The fraction of sp³-hybridized carbons (Fsp3) is 0.370. The summed E-state index contributed by atoms with van der Waals surface area (Å²) in [5.41, 5.74) is 5.01. The highest BCUT2D eigenvalue weighted by atomic mass is 32.2. The molecule has 1 fully saturated rings. The van der Waals surface area contributed by atoms with E-state index in [1.54, 1.807) is 25.4 Å². The third-order valence-electron chi connectivity index (χ3n) is 6.89. The van der Waals surface area contributed by atoms with Crippen molar-refractivity contribution in [2.45, 2.75) is 38.8 Å². The summed E-state index contributed by atoms with van der Waals surface area (Å²) in [6, 6.07) is 12.8. The molecular formula is C27H30N4O4S. The summed E-state index contributed by atoms with van der Waals surface area (Å²) in [4.78, 5) is 22.0. The van der Waals surface area contributed by atoms with Gasteiger partial charge in [-0.15, -0.1) is 0 Å². The fourth-order valence-corrected chi connectivity index (χ4v) is 6.03. The first-order valence-corrected chi connectivity index (χ1v) is 14.0. The number of aliphatic hydroxyl groups excluding tert-OH is 1. The minimum absolute atomic E-state index is 0.0447. The van der Waals surface area contributed by atoms with E-state index in [1.165, 1.54) is 4.31 Å². The van der Waals surface area contributed by atoms with Crippen LogP contribution in [0.4, 0.5) is 0 Å². The van der Waals surface area contributed by atoms with Crippen molar-refractivity contribution in [3.63, 3.8) is 0 Å². The molecule has 0 radical (unpaired) electrons. The number of carbonyl (C=O) groups excluding carboxylic acids is 1. The van der Waals surface area contributed by atoms with Gasteiger partial charge >= 0.3 is 0 Å². The van der Waals surface area contributed by atoms with Crippen LogP contribution < -0.4 is 5.32 Å². The summed E-state index contributed by atoms with van der Waals surface area (Å²) in [5.74, 6) is 0.222. The second-order valence-electron chi connectivity index (χ2n) is 9.38. The van der Waals surface area contributed by atoms with Crippen LogP contribution in [0, 0.1) is 5.92 Å². The first kappa shape index (κ1) is 24.5. The Kier molecular flexibility index (Phi) is 6.87. The lowest BCUT2D eigenvalue weighted by atomic mass is 9.94. The Hall–Kier alpha value is -3.14. The number of hydrogen-bond donors (Lipinski definition) is 2. The van der Waals surface area contributed by atoms with Gasteiger partial charge in [0.1, 0.15) is 5.69 Å². The lowest BCUT2D eigenvalue weighted by Crippen LogP contribution is -2.31. The quantitative estimate of drug-likeness (QED) is 0.459. The molecule has 8 nitrogen and oxygen atoms in total. The SMILES string of the molecule is CCS(=O)(=O)N1Cc2cc(C(=O)NCC3CC3)nc(-c3cccc(-c4cccnc4)c3)c2[C@@H]1CCO. The molecule has 3 heterocycles. The maximum Gasteiger partial charge on any atom is 0.269 e. The van der Waals surface area contributed by atoms with E-state index in [-0.39, 0.29) is 36.9 Å². The van der Waals surface area contributed by atoms with Gasteiger partial charge < -0.3 is 10.4 Å². The van der Waals surface area contributed by atoms with Gasteiger partial charge in [-0.2, -0.15) is 4.31 Å². The molecule has 0 bridgehead atoms. The third kappa shape index (κ3) is 4.91. The van der Waals surface area contributed by atoms with Gasteiger partial charge in [-0.1, -0.05) is 24.3 Å². The molecule has 3 aromatic rings. The van der Waals surface area contributed by atoms with Gasteiger partial charge in [0, 0.05) is 48.8 Å². The first-order valence-electron chi connectivity index (χ1n) is 12.3. The summed E-state index contributed by atoms with van der Waals surface area (Å²) in [6.07, 6.45) is 5.99. The summed E-state index contributed by atoms with van der Waals surface area (Å²) >= 11 is 0. The number of nitrogens with one attached hydrogen (secondary N) is 1. The average Bonchev–Trinajstić information content (AvgIpc) is 3.67. The summed E-state index contributed by atoms with van der Waals surface area (Å²) < 4.78 is 27.4. The highest BCUT2D eigenvalue weighted by Gasteiger charge is 2.40. The summed E-state index contributed by atoms with van der Waals surface area (Å²) in [6.45, 7) is 2.21. The number of hydrogen-bond acceptors (Lipinski definition) is 6. The molecular weight excluding hydrogens is 476 g/mol. The van der Waals surface area contributed by atoms with Crippen molar-refractivity contribution in [3.8, 4) is 22.4 Å². The third-order valence-corrected chi connectivity index (χ3v) is 8.72. The molecule has 0 saturated heterocycles. The van der Waals surface area contributed by atoms with Gasteiger partial charge in [0.05, 0.1) is 17.5 Å². The highest BCUT2D eigenvalue weighted by Crippen LogP contribution is 2.43. The number of fused-ring (bicyclic) bond motifs is 1. The van der Waals surface area contributed by atoms with Crippen molar-refractivity contribution in [1.82, 2.24) is 19.6 Å². The van der Waals surface area contributed by atoms with Crippen LogP contribution in [0.1, 0.15) is 53.8 Å². The lowest BCUT2D eigenvalue weighted by Gasteiger charge is -2.24. The van der Waals surface area contributed by atoms with E-state index in [9.17, 15) is 18.3 Å². The van der Waals surface area contributed by atoms with Gasteiger partial charge in [-0.3, -0.25) is 9.78 Å². The van der Waals surface area contributed by atoms with Crippen LogP contribution in [0.3, 0.4) is 0 Å². The first-order chi connectivity index (χ1) is 17.4. The van der Waals surface area contributed by atoms with E-state index >= 15 is 0 Å². The smallest absolute Gasteiger partial charge is 0.269 e. The predicted molar refractivity (Wildman–Crippen MR) is 137 cm³/mol. The molecule has 2 aliphatic rings. The van der Waals surface area contributed by atoms with Crippen LogP contribution >= 0.6 is 0 Å². The second kappa shape index (κ2) is 10.1. The van der Waals surface area contributed by atoms with E-state index in [0.29, 0.717) is 18.2 Å². The number of benzene rings is 1. The van der Waals surface area contributed by atoms with E-state index in [2.05, 4.69) is 10.3 Å². The minimum atomic E-state index is -3.55. The van der Waals surface area contributed by atoms with Gasteiger partial charge in [-0.05, 0) is 61.4 Å². The number of amides is 1. The highest BCUT2D eigenvalue weighted by molar-refractivity contribution is 7.89. The zero-order valence-electron chi connectivity index (χ0n) is 20.2. The molecule has 1 saturated carbocycles. The van der Waals surface area contributed by atoms with E-state index < -0.39 is 16.1 Å². The molecule has 188 valence electrons. The minimum Gasteiger partial charge on any atom is -0.396 e. The van der Waals surface area contributed by atoms with Crippen LogP contribution in [0.5, 0.6) is 0 Å². The van der Waals surface area contributed by atoms with E-state index in [4.69, 9.17) is 4.98 Å². The Balaban J connectivity index is 1.64. The number of rotatable bonds is 9. The molecule has 0 unspecified atom stereocenters. The molecule has 36 heavy (non-hydrogen) atoms. The number of nitrogens with zero attached hydrogens (tertiary/aromatic N) is 3. The van der Waals surface area contributed by atoms with Crippen LogP contribution in [-0.2, 0) is 16.6 Å². The summed E-state index contributed by atoms with van der Waals surface area (Å²) in [7, 11) is -3.55. The molecule has 1 aromatic carbocycles. The Morgan fingerprint density at radius 1 is 1.14 bits per heavy atom. The van der Waals surface area contributed by atoms with Crippen LogP contribution in [0.25, 0.3) is 22.4 Å². The van der Waals surface area contributed by atoms with Crippen molar-refractivity contribution in [2.75, 3.05) is 18.9 Å². The number of aliphatic hydroxyl groups is 1. The van der Waals surface area contributed by atoms with Gasteiger partial charge in [0.25, 0.3) is 5.91 Å². The molecule has 1 aliphatic heterocycles. The predicted octanol–water partition coefficient (Wildman–Crippen LogP) is 3.54. The average molecular weight is 507 g/mol. The van der Waals surface area contributed by atoms with Crippen LogP contribution in [0.15, 0.2) is 54.9 Å². The Morgan fingerprint density at radius 3 is 2.61 bits per heavy atom. The van der Waals surface area contributed by atoms with Crippen molar-refractivity contribution < 1.29 is 18.3 Å². The molecule has 1 amide bonds. The molecule has 1 aliphatic carbocycles. The van der Waals surface area contributed by atoms with Gasteiger partial charge in [0.2, 0.25) is 10.0 Å². The molecule has 9 heteroatoms. The van der Waals surface area contributed by atoms with Crippen molar-refractivity contribution in [2.24, 2.45) is 5.92 Å². The lowest BCUT2D eigenvalue weighted by molar-refractivity contribution is 0.0946. The second-order valence-corrected chi connectivity index (χ2v) is 11.6. The molecule has 0 spiro atoms. The normalized spacial score (nSPS) is 17.7. The molecule has 1 atom stereocenters. The largest absolute Gasteiger partial charge is 0.396 e. The number of pyridine rings is 2. The standard InChI is InChI=1S/C27H30N4O4S/c1-2-36(34,35)31-17-22-14-23(27(33)29-15-18-8-9-18)30-26(25(22)24(31)10-12-32)20-6-3-5-19(13-20)21-7-4-11-28-16-21/h3-7,11,13-14,16,18,24,32H,2,8-10,12,15,17H2,1H3,(H,29,33)/t24-/m0/s1. The zero-order valence-corrected chi connectivity index (χ0v) is 21.0. The Morgan fingerprint density at radius 2 is 1.92 bits per heavy atom. The van der Waals surface area contributed by atoms with Gasteiger partial charge in [-0.25, -0.2) is 13.4 Å². The maximum atomic E-state index is 13.0. The zero-order chi connectivity index (χ0) is 25.3. The number of carbonyl (C=O) groups is 1. The molecule has 2 N–H and O–H groups in total. The summed E-state index contributed by atoms with van der Waals surface area (Å²) in [5, 5.41) is 12.8. The number of aromatic nitrogens is 2. The molecule has 2 aromatic heterocycles. The van der Waals surface area contributed by atoms with E-state index in [1.807, 2.05) is 36.4 Å². The Labute approximate surface area is 211 Å². The molecule has 5 rings (SSSR count). The van der Waals surface area contributed by atoms with E-state index in [0.717, 1.165) is 40.7 Å². The van der Waals surface area contributed by atoms with Crippen LogP contribution in [0.2, 0.25) is 0 Å². The maximum absolute atomic E-state index is 13.0. The monoisotopic (exact) mass is 506 g/mol. The van der Waals surface area contributed by atoms with Crippen molar-refractivity contribution >= 4 is 15.9 Å². The Bertz CT molecular complexity index is 1370. The fourth-order valence-electron chi connectivity index (χ4n) is 4.77. The van der Waals surface area contributed by atoms with Crippen molar-refractivity contribution in [3.05, 3.63) is 71.7 Å². The van der Waals surface area contributed by atoms with Gasteiger partial charge in [0.15, 0.2) is 0 Å². The van der Waals surface area contributed by atoms with Crippen molar-refractivity contribution in [1.29, 1.82) is 0 Å². The number of sulfonamides is 1.